The van der Waals surface area contributed by atoms with Crippen molar-refractivity contribution in [1.29, 1.82) is 0 Å². The van der Waals surface area contributed by atoms with Crippen molar-refractivity contribution in [2.45, 2.75) is 76.7 Å². The lowest BCUT2D eigenvalue weighted by Gasteiger charge is -2.37. The number of halogens is 2. The lowest BCUT2D eigenvalue weighted by Crippen LogP contribution is -2.58. The molecule has 1 aromatic heterocycles. The molecule has 2 aliphatic heterocycles. The van der Waals surface area contributed by atoms with Crippen molar-refractivity contribution in [2.75, 3.05) is 33.7 Å². The fraction of sp³-hybridized carbons (Fsp3) is 0.373. The summed E-state index contributed by atoms with van der Waals surface area (Å²) < 4.78 is 8.56. The number of hydrogen-bond acceptors (Lipinski definition) is 8. The normalized spacial score (nSPS) is 20.2. The van der Waals surface area contributed by atoms with Gasteiger partial charge in [0.15, 0.2) is 0 Å². The lowest BCUT2D eigenvalue weighted by molar-refractivity contribution is -0.149. The van der Waals surface area contributed by atoms with Crippen LogP contribution in [-0.2, 0) is 57.0 Å². The van der Waals surface area contributed by atoms with Gasteiger partial charge in [-0.1, -0.05) is 71.7 Å². The van der Waals surface area contributed by atoms with Crippen molar-refractivity contribution in [2.24, 2.45) is 13.0 Å². The average Bonchev–Trinajstić information content (AvgIpc) is 3.97. The van der Waals surface area contributed by atoms with Crippen LogP contribution in [0.4, 0.5) is 0 Å². The highest BCUT2D eigenvalue weighted by atomic mass is 35.5. The Morgan fingerprint density at radius 3 is 2.18 bits per heavy atom. The van der Waals surface area contributed by atoms with Crippen LogP contribution in [0.2, 0.25) is 10.0 Å². The molecule has 2 N–H and O–H groups in total. The second-order valence-corrected chi connectivity index (χ2v) is 18.5. The van der Waals surface area contributed by atoms with Crippen molar-refractivity contribution >= 4 is 52.8 Å². The van der Waals surface area contributed by atoms with Crippen molar-refractivity contribution in [1.82, 2.24) is 34.5 Å². The fourth-order valence-electron chi connectivity index (χ4n) is 8.85. The molecule has 5 aromatic rings. The highest BCUT2D eigenvalue weighted by Gasteiger charge is 2.37. The number of likely N-dealkylation sites (N-methyl/N-ethyl adjacent to an activating group) is 2. The number of aromatic nitrogens is 2. The molecule has 2 fully saturated rings. The number of carbonyl (C=O) groups is 5. The van der Waals surface area contributed by atoms with E-state index in [4.69, 9.17) is 32.9 Å². The van der Waals surface area contributed by atoms with Gasteiger partial charge in [0.2, 0.25) is 23.6 Å². The number of aliphatic carboxylic acids is 1. The van der Waals surface area contributed by atoms with Crippen LogP contribution in [0.1, 0.15) is 55.1 Å². The van der Waals surface area contributed by atoms with Gasteiger partial charge in [0, 0.05) is 55.3 Å². The van der Waals surface area contributed by atoms with Gasteiger partial charge in [-0.05, 0) is 105 Å². The number of carbonyl (C=O) groups excluding carboxylic acids is 4. The second kappa shape index (κ2) is 22.1. The van der Waals surface area contributed by atoms with E-state index in [1.807, 2.05) is 80.0 Å². The molecule has 0 unspecified atom stereocenters. The van der Waals surface area contributed by atoms with Gasteiger partial charge in [-0.25, -0.2) is 4.98 Å². The number of nitrogens with zero attached hydrogens (tertiary/aromatic N) is 6. The summed E-state index contributed by atoms with van der Waals surface area (Å²) in [6.45, 7) is 4.34. The number of likely N-dealkylation sites (tertiary alicyclic amines) is 1. The monoisotopic (exact) mass is 949 g/mol. The van der Waals surface area contributed by atoms with Gasteiger partial charge in [0.25, 0.3) is 0 Å². The van der Waals surface area contributed by atoms with Crippen LogP contribution in [0.3, 0.4) is 0 Å². The highest BCUT2D eigenvalue weighted by Crippen LogP contribution is 2.33. The highest BCUT2D eigenvalue weighted by molar-refractivity contribution is 6.31. The summed E-state index contributed by atoms with van der Waals surface area (Å²) >= 11 is 12.7. The molecule has 4 aromatic carbocycles. The molecule has 0 aliphatic carbocycles. The van der Waals surface area contributed by atoms with E-state index in [-0.39, 0.29) is 38.3 Å². The van der Waals surface area contributed by atoms with Crippen molar-refractivity contribution < 1.29 is 33.8 Å². The van der Waals surface area contributed by atoms with Crippen molar-refractivity contribution in [3.63, 3.8) is 0 Å². The Morgan fingerprint density at radius 1 is 0.821 bits per heavy atom. The third-order valence-corrected chi connectivity index (χ3v) is 13.3. The van der Waals surface area contributed by atoms with E-state index >= 15 is 0 Å². The molecular weight excluding hydrogens is 894 g/mol. The van der Waals surface area contributed by atoms with Crippen LogP contribution in [-0.4, -0.2) is 116 Å². The Labute approximate surface area is 401 Å². The maximum atomic E-state index is 14.9. The predicted molar refractivity (Wildman–Crippen MR) is 256 cm³/mol. The van der Waals surface area contributed by atoms with Crippen molar-refractivity contribution in [3.05, 3.63) is 136 Å². The third kappa shape index (κ3) is 12.4. The van der Waals surface area contributed by atoms with Crippen LogP contribution < -0.4 is 10.1 Å². The Kier molecular flexibility index (Phi) is 16.0. The minimum atomic E-state index is -1.49. The van der Waals surface area contributed by atoms with E-state index in [0.717, 1.165) is 47.8 Å². The van der Waals surface area contributed by atoms with Gasteiger partial charge in [-0.15, -0.1) is 0 Å². The zero-order chi connectivity index (χ0) is 47.8. The van der Waals surface area contributed by atoms with Gasteiger partial charge in [-0.2, -0.15) is 0 Å². The molecule has 352 valence electrons. The lowest BCUT2D eigenvalue weighted by atomic mass is 9.93. The third-order valence-electron chi connectivity index (χ3n) is 12.8. The Balaban J connectivity index is 1.19. The second-order valence-electron chi connectivity index (χ2n) is 17.6. The molecule has 0 spiro atoms. The summed E-state index contributed by atoms with van der Waals surface area (Å²) in [5.41, 5.74) is 4.08. The summed E-state index contributed by atoms with van der Waals surface area (Å²) in [6, 6.07) is 25.7. The van der Waals surface area contributed by atoms with Crippen LogP contribution >= 0.6 is 23.2 Å². The van der Waals surface area contributed by atoms with Crippen molar-refractivity contribution in [3.8, 4) is 22.8 Å². The molecule has 2 saturated heterocycles. The molecule has 0 bridgehead atoms. The molecule has 16 heteroatoms. The molecule has 2 aliphatic rings. The van der Waals surface area contributed by atoms with Crippen LogP contribution in [0.5, 0.6) is 11.5 Å². The number of carboxylic acids is 1. The van der Waals surface area contributed by atoms with E-state index in [1.165, 1.54) is 41.5 Å². The first-order chi connectivity index (χ1) is 32.1. The summed E-state index contributed by atoms with van der Waals surface area (Å²) in [5.74, 6) is -2.60. The fourth-order valence-corrected chi connectivity index (χ4v) is 9.13. The van der Waals surface area contributed by atoms with Gasteiger partial charge in [-0.3, -0.25) is 28.9 Å². The summed E-state index contributed by atoms with van der Waals surface area (Å²) in [4.78, 5) is 81.8. The first-order valence-electron chi connectivity index (χ1n) is 22.5. The van der Waals surface area contributed by atoms with Gasteiger partial charge in [0.1, 0.15) is 29.4 Å². The zero-order valence-electron chi connectivity index (χ0n) is 38.2. The first kappa shape index (κ1) is 48.7. The molecule has 4 atom stereocenters. The molecule has 0 saturated carbocycles. The van der Waals surface area contributed by atoms with Gasteiger partial charge in [0.05, 0.1) is 43.4 Å². The molecule has 14 nitrogen and oxygen atoms in total. The minimum absolute atomic E-state index is 0.0470. The number of amides is 4. The average molecular weight is 951 g/mol. The molecule has 3 heterocycles. The van der Waals surface area contributed by atoms with E-state index in [2.05, 4.69) is 14.8 Å². The standard InChI is InChI=1S/C51H57Cl2N7O7/c1-33-49(64)55-43(28-48(62)63)51(66)57(3)41(25-35-12-17-39(52)18-13-35)31-56(2)50(65)38(24-34-10-6-5-7-11-34)26-47(61)60(33)30-37-14-19-40(53)27-45(37)67-42-20-15-36(16-21-42)44-29-54-46(58(44)4)32-59-22-8-9-23-59/h5-7,10-21,27,29,33,38,41,43H,8-9,22-26,28,30-32H2,1-4H3,(H,55,64)(H,62,63)/t33-,38+,41+,43-/m0/s1. The molecule has 7 rings (SSSR count). The van der Waals surface area contributed by atoms with E-state index in [1.54, 1.807) is 37.4 Å². The Hall–Kier alpha value is -6.22. The topological polar surface area (TPSA) is 158 Å². The summed E-state index contributed by atoms with van der Waals surface area (Å²) in [5, 5.41) is 13.5. The van der Waals surface area contributed by atoms with Crippen LogP contribution in [0.25, 0.3) is 11.3 Å². The SMILES string of the molecule is C[C@H]1C(=O)N[C@@H](CC(=O)O)C(=O)N(C)[C@H](Cc2ccc(Cl)cc2)CN(C)C(=O)[C@H](Cc2ccccc2)CC(=O)N1Cc1ccc(Cl)cc1Oc1ccc(-c2cnc(CN3CCCC3)n2C)cc1. The smallest absolute Gasteiger partial charge is 0.305 e. The van der Waals surface area contributed by atoms with Gasteiger partial charge >= 0.3 is 5.97 Å². The van der Waals surface area contributed by atoms with E-state index in [9.17, 15) is 29.1 Å². The van der Waals surface area contributed by atoms with E-state index in [0.29, 0.717) is 27.1 Å². The number of benzene rings is 4. The van der Waals surface area contributed by atoms with E-state index < -0.39 is 54.2 Å². The quantitative estimate of drug-likeness (QED) is 0.124. The number of nitrogens with one attached hydrogen (secondary N) is 1. The number of carboxylic acid groups (broad SMARTS) is 1. The maximum Gasteiger partial charge on any atom is 0.305 e. The molecule has 67 heavy (non-hydrogen) atoms. The number of hydrogen-bond donors (Lipinski definition) is 2. The summed E-state index contributed by atoms with van der Waals surface area (Å²) in [7, 11) is 5.18. The number of ether oxygens (including phenoxy) is 1. The first-order valence-corrected chi connectivity index (χ1v) is 23.3. The minimum Gasteiger partial charge on any atom is -0.481 e. The Morgan fingerprint density at radius 2 is 1.49 bits per heavy atom. The molecule has 4 amide bonds. The number of imidazole rings is 1. The van der Waals surface area contributed by atoms with Gasteiger partial charge < -0.3 is 34.4 Å². The van der Waals surface area contributed by atoms with Crippen LogP contribution in [0.15, 0.2) is 103 Å². The maximum absolute atomic E-state index is 14.9. The summed E-state index contributed by atoms with van der Waals surface area (Å²) in [6.07, 6.45) is 3.82. The molecular formula is C51H57Cl2N7O7. The number of rotatable bonds is 13. The predicted octanol–water partition coefficient (Wildman–Crippen LogP) is 7.25. The largest absolute Gasteiger partial charge is 0.481 e. The Bertz CT molecular complexity index is 2550. The van der Waals surface area contributed by atoms with Crippen LogP contribution in [0, 0.1) is 5.92 Å². The zero-order valence-corrected chi connectivity index (χ0v) is 39.8. The molecule has 0 radical (unpaired) electrons.